The number of carbonyl (C=O) groups excluding carboxylic acids is 1. The van der Waals surface area contributed by atoms with E-state index >= 15 is 0 Å². The molecule has 0 bridgehead atoms. The topological polar surface area (TPSA) is 63.1 Å². The largest absolute Gasteiger partial charge is 0.328 e. The molecule has 3 aromatic rings. The summed E-state index contributed by atoms with van der Waals surface area (Å²) in [6.07, 6.45) is 4.76. The Hall–Kier alpha value is -3.25. The highest BCUT2D eigenvalue weighted by molar-refractivity contribution is 6.00. The third-order valence-corrected chi connectivity index (χ3v) is 7.63. The number of Topliss-reactive ketones (excluding diaryl/α,β-unsaturated/α-hetero) is 1. The minimum atomic E-state index is -0.394. The highest BCUT2D eigenvalue weighted by Crippen LogP contribution is 2.48. The summed E-state index contributed by atoms with van der Waals surface area (Å²) in [5.41, 5.74) is 5.41. The molecule has 2 aromatic carbocycles. The van der Waals surface area contributed by atoms with Gasteiger partial charge in [-0.25, -0.2) is 4.68 Å². The molecule has 0 radical (unpaired) electrons. The van der Waals surface area contributed by atoms with Crippen LogP contribution in [0.25, 0.3) is 0 Å². The molecule has 6 nitrogen and oxygen atoms in total. The van der Waals surface area contributed by atoms with Crippen LogP contribution in [-0.4, -0.2) is 38.5 Å². The molecule has 3 heterocycles. The van der Waals surface area contributed by atoms with Gasteiger partial charge in [0.15, 0.2) is 5.78 Å². The zero-order valence-corrected chi connectivity index (χ0v) is 19.0. The van der Waals surface area contributed by atoms with Crippen molar-refractivity contribution < 1.29 is 4.79 Å². The standard InChI is InChI=1S/C27H29N5O/c1-19-7-9-21(10-8-19)22-15-23-25(24(33)16-22)27(32-26(30-23)28-18-29-32)11-13-31(14-12-27)17-20-5-3-2-4-6-20/h2-10,18,22H,11-17H2,1H3,(H,28,29,30). The number of carbonyl (C=O) groups is 1. The Bertz CT molecular complexity index is 1200. The lowest BCUT2D eigenvalue weighted by Gasteiger charge is -2.47. The maximum Gasteiger partial charge on any atom is 0.226 e. The number of likely N-dealkylation sites (tertiary alicyclic amines) is 1. The predicted octanol–water partition coefficient (Wildman–Crippen LogP) is 4.40. The highest BCUT2D eigenvalue weighted by atomic mass is 16.1. The van der Waals surface area contributed by atoms with E-state index in [1.54, 1.807) is 6.33 Å². The number of hydrogen-bond donors (Lipinski definition) is 1. The number of hydrogen-bond acceptors (Lipinski definition) is 5. The normalized spacial score (nSPS) is 22.1. The van der Waals surface area contributed by atoms with Gasteiger partial charge in [-0.15, -0.1) is 0 Å². The first-order chi connectivity index (χ1) is 16.1. The number of nitrogens with zero attached hydrogens (tertiary/aromatic N) is 4. The second-order valence-corrected chi connectivity index (χ2v) is 9.71. The number of aromatic nitrogens is 3. The fourth-order valence-electron chi connectivity index (χ4n) is 5.91. The summed E-state index contributed by atoms with van der Waals surface area (Å²) in [5.74, 6) is 1.23. The lowest BCUT2D eigenvalue weighted by molar-refractivity contribution is -0.118. The minimum absolute atomic E-state index is 0.203. The number of piperidine rings is 1. The molecule has 0 amide bonds. The SMILES string of the molecule is Cc1ccc(C2CC(=O)C3=C(C2)Nc2ncnn2C32CCN(Cc3ccccc3)CC2)cc1. The van der Waals surface area contributed by atoms with E-state index < -0.39 is 5.54 Å². The van der Waals surface area contributed by atoms with Crippen molar-refractivity contribution in [2.45, 2.75) is 50.6 Å². The van der Waals surface area contributed by atoms with Crippen LogP contribution in [0.2, 0.25) is 0 Å². The van der Waals surface area contributed by atoms with Gasteiger partial charge in [0.2, 0.25) is 5.95 Å². The zero-order valence-electron chi connectivity index (χ0n) is 19.0. The lowest BCUT2D eigenvalue weighted by Crippen LogP contribution is -2.52. The van der Waals surface area contributed by atoms with Crippen molar-refractivity contribution in [2.24, 2.45) is 0 Å². The van der Waals surface area contributed by atoms with E-state index in [0.29, 0.717) is 6.42 Å². The molecule has 1 saturated heterocycles. The smallest absolute Gasteiger partial charge is 0.226 e. The van der Waals surface area contributed by atoms with Crippen LogP contribution in [0.3, 0.4) is 0 Å². The van der Waals surface area contributed by atoms with Gasteiger partial charge in [0.1, 0.15) is 6.33 Å². The molecule has 1 aromatic heterocycles. The Balaban J connectivity index is 1.30. The minimum Gasteiger partial charge on any atom is -0.328 e. The number of aryl methyl sites for hydroxylation is 1. The lowest BCUT2D eigenvalue weighted by atomic mass is 9.70. The first kappa shape index (κ1) is 20.4. The molecule has 33 heavy (non-hydrogen) atoms. The molecule has 2 aliphatic heterocycles. The molecule has 1 aliphatic carbocycles. The molecule has 1 spiro atoms. The van der Waals surface area contributed by atoms with Gasteiger partial charge in [0.05, 0.1) is 5.54 Å². The Morgan fingerprint density at radius 2 is 1.79 bits per heavy atom. The Morgan fingerprint density at radius 3 is 2.55 bits per heavy atom. The molecule has 0 saturated carbocycles. The summed E-state index contributed by atoms with van der Waals surface area (Å²) in [6.45, 7) is 4.90. The first-order valence-electron chi connectivity index (χ1n) is 11.9. The van der Waals surface area contributed by atoms with Crippen LogP contribution < -0.4 is 5.32 Å². The summed E-state index contributed by atoms with van der Waals surface area (Å²) in [6, 6.07) is 19.2. The molecular weight excluding hydrogens is 410 g/mol. The third kappa shape index (κ3) is 3.49. The van der Waals surface area contributed by atoms with Crippen molar-refractivity contribution in [2.75, 3.05) is 18.4 Å². The predicted molar refractivity (Wildman–Crippen MR) is 128 cm³/mol. The van der Waals surface area contributed by atoms with Crippen LogP contribution in [0.1, 0.15) is 48.3 Å². The summed E-state index contributed by atoms with van der Waals surface area (Å²) >= 11 is 0. The number of nitrogens with one attached hydrogen (secondary N) is 1. The van der Waals surface area contributed by atoms with Crippen LogP contribution in [0, 0.1) is 6.92 Å². The van der Waals surface area contributed by atoms with Crippen molar-refractivity contribution >= 4 is 11.7 Å². The van der Waals surface area contributed by atoms with E-state index in [9.17, 15) is 4.79 Å². The fourth-order valence-corrected chi connectivity index (χ4v) is 5.91. The van der Waals surface area contributed by atoms with Gasteiger partial charge in [0, 0.05) is 37.3 Å². The van der Waals surface area contributed by atoms with Crippen molar-refractivity contribution in [3.05, 3.63) is 88.9 Å². The molecule has 3 aliphatic rings. The van der Waals surface area contributed by atoms with E-state index in [1.165, 1.54) is 16.7 Å². The van der Waals surface area contributed by atoms with Crippen LogP contribution in [0.4, 0.5) is 5.95 Å². The van der Waals surface area contributed by atoms with Crippen molar-refractivity contribution in [1.29, 1.82) is 0 Å². The van der Waals surface area contributed by atoms with E-state index in [0.717, 1.165) is 56.1 Å². The first-order valence-corrected chi connectivity index (χ1v) is 11.9. The highest BCUT2D eigenvalue weighted by Gasteiger charge is 2.50. The summed E-state index contributed by atoms with van der Waals surface area (Å²) < 4.78 is 2.00. The average Bonchev–Trinajstić information content (AvgIpc) is 3.31. The van der Waals surface area contributed by atoms with Crippen molar-refractivity contribution in [3.8, 4) is 0 Å². The number of fused-ring (bicyclic) bond motifs is 3. The summed E-state index contributed by atoms with van der Waals surface area (Å²) in [5, 5.41) is 8.07. The van der Waals surface area contributed by atoms with Crippen molar-refractivity contribution in [3.63, 3.8) is 0 Å². The van der Waals surface area contributed by atoms with E-state index in [1.807, 2.05) is 4.68 Å². The van der Waals surface area contributed by atoms with Gasteiger partial charge in [-0.1, -0.05) is 60.2 Å². The number of allylic oxidation sites excluding steroid dienone is 2. The quantitative estimate of drug-likeness (QED) is 0.655. The number of benzene rings is 2. The van der Waals surface area contributed by atoms with Gasteiger partial charge in [0.25, 0.3) is 0 Å². The number of rotatable bonds is 3. The Kier molecular flexibility index (Phi) is 4.91. The molecule has 6 heteroatoms. The van der Waals surface area contributed by atoms with Gasteiger partial charge < -0.3 is 5.32 Å². The summed E-state index contributed by atoms with van der Waals surface area (Å²) in [4.78, 5) is 20.7. The van der Waals surface area contributed by atoms with E-state index in [4.69, 9.17) is 0 Å². The van der Waals surface area contributed by atoms with Crippen molar-refractivity contribution in [1.82, 2.24) is 19.7 Å². The number of anilines is 1. The Morgan fingerprint density at radius 1 is 1.03 bits per heavy atom. The second kappa shape index (κ2) is 7.96. The maximum absolute atomic E-state index is 13.7. The van der Waals surface area contributed by atoms with Gasteiger partial charge in [-0.2, -0.15) is 10.1 Å². The van der Waals surface area contributed by atoms with E-state index in [-0.39, 0.29) is 11.7 Å². The maximum atomic E-state index is 13.7. The van der Waals surface area contributed by atoms with Gasteiger partial charge >= 0.3 is 0 Å². The second-order valence-electron chi connectivity index (χ2n) is 9.71. The van der Waals surface area contributed by atoms with Crippen LogP contribution in [0.5, 0.6) is 0 Å². The third-order valence-electron chi connectivity index (χ3n) is 7.63. The zero-order chi connectivity index (χ0) is 22.4. The van der Waals surface area contributed by atoms with Crippen LogP contribution in [0.15, 0.2) is 72.2 Å². The number of ketones is 1. The molecule has 1 unspecified atom stereocenters. The monoisotopic (exact) mass is 439 g/mol. The van der Waals surface area contributed by atoms with Gasteiger partial charge in [-0.3, -0.25) is 9.69 Å². The molecular formula is C27H29N5O. The molecule has 168 valence electrons. The van der Waals surface area contributed by atoms with Crippen LogP contribution in [-0.2, 0) is 16.9 Å². The molecule has 1 fully saturated rings. The van der Waals surface area contributed by atoms with Gasteiger partial charge in [-0.05, 0) is 43.2 Å². The Labute approximate surface area is 194 Å². The summed E-state index contributed by atoms with van der Waals surface area (Å²) in [7, 11) is 0. The van der Waals surface area contributed by atoms with Crippen LogP contribution >= 0.6 is 0 Å². The molecule has 1 N–H and O–H groups in total. The molecule has 6 rings (SSSR count). The average molecular weight is 440 g/mol. The molecule has 1 atom stereocenters. The van der Waals surface area contributed by atoms with E-state index in [2.05, 4.69) is 81.8 Å². The fraction of sp³-hybridized carbons (Fsp3) is 0.370.